The summed E-state index contributed by atoms with van der Waals surface area (Å²) in [6.07, 6.45) is 4.95. The number of rotatable bonds is 8. The largest absolute Gasteiger partial charge is 0.310 e. The molecule has 0 unspecified atom stereocenters. The summed E-state index contributed by atoms with van der Waals surface area (Å²) in [4.78, 5) is 2.46. The molecule has 0 bridgehead atoms. The first-order valence-electron chi connectivity index (χ1n) is 21.4. The van der Waals surface area contributed by atoms with Gasteiger partial charge in [0.1, 0.15) is 0 Å². The van der Waals surface area contributed by atoms with Crippen molar-refractivity contribution in [2.24, 2.45) is 0 Å². The van der Waals surface area contributed by atoms with Gasteiger partial charge in [0.25, 0.3) is 0 Å². The van der Waals surface area contributed by atoms with Crippen LogP contribution >= 0.6 is 0 Å². The van der Waals surface area contributed by atoms with E-state index < -0.39 is 5.41 Å². The molecule has 0 radical (unpaired) electrons. The fourth-order valence-electron chi connectivity index (χ4n) is 10.1. The number of nitrogens with zero attached hydrogens (tertiary/aromatic N) is 1. The predicted octanol–water partition coefficient (Wildman–Crippen LogP) is 15.4. The van der Waals surface area contributed by atoms with Crippen LogP contribution in [0.15, 0.2) is 224 Å². The van der Waals surface area contributed by atoms with Crippen molar-refractivity contribution in [2.75, 3.05) is 4.90 Å². The Labute approximate surface area is 353 Å². The van der Waals surface area contributed by atoms with Crippen LogP contribution in [0.1, 0.15) is 46.2 Å². The van der Waals surface area contributed by atoms with Crippen molar-refractivity contribution in [1.82, 2.24) is 0 Å². The maximum Gasteiger partial charge on any atom is 0.0714 e. The van der Waals surface area contributed by atoms with Gasteiger partial charge in [-0.2, -0.15) is 0 Å². The molecule has 9 aromatic rings. The third-order valence-electron chi connectivity index (χ3n) is 12.9. The Balaban J connectivity index is 1.17. The van der Waals surface area contributed by atoms with Gasteiger partial charge in [-0.1, -0.05) is 188 Å². The molecule has 286 valence electrons. The zero-order valence-corrected chi connectivity index (χ0v) is 33.6. The summed E-state index contributed by atoms with van der Waals surface area (Å²) in [5.41, 5.74) is 20.8. The van der Waals surface area contributed by atoms with Crippen molar-refractivity contribution in [3.05, 3.63) is 258 Å². The number of hydrogen-bond acceptors (Lipinski definition) is 1. The van der Waals surface area contributed by atoms with Crippen molar-refractivity contribution >= 4 is 17.1 Å². The van der Waals surface area contributed by atoms with E-state index in [2.05, 4.69) is 229 Å². The van der Waals surface area contributed by atoms with E-state index in [4.69, 9.17) is 0 Å². The zero-order valence-electron chi connectivity index (χ0n) is 33.6. The smallest absolute Gasteiger partial charge is 0.0714 e. The number of anilines is 3. The van der Waals surface area contributed by atoms with Crippen LogP contribution in [0, 0.1) is 0 Å². The first-order chi connectivity index (χ1) is 29.8. The SMILES string of the molecule is c1ccc(-c2ccc(N(c3ccccc3)c3cc4c(cc3-c3ccc(-c5ccc6c(c5)CCCC6)cc3)-c3ccccc3C4(c3ccccc3)c3ccccc3)cc2)cc1. The van der Waals surface area contributed by atoms with Crippen molar-refractivity contribution in [3.63, 3.8) is 0 Å². The number of hydrogen-bond donors (Lipinski definition) is 0. The quantitative estimate of drug-likeness (QED) is 0.149. The lowest BCUT2D eigenvalue weighted by Crippen LogP contribution is -2.28. The normalized spacial score (nSPS) is 13.5. The molecule has 0 amide bonds. The molecule has 1 heteroatoms. The highest BCUT2D eigenvalue weighted by molar-refractivity contribution is 5.97. The third-order valence-corrected chi connectivity index (χ3v) is 12.9. The average Bonchev–Trinajstić information content (AvgIpc) is 3.62. The summed E-state index contributed by atoms with van der Waals surface area (Å²) in [5.74, 6) is 0. The van der Waals surface area contributed by atoms with E-state index in [9.17, 15) is 0 Å². The standard InChI is InChI=1S/C59H45N/c1-5-17-42(18-6-1)44-35-37-52(38-36-44)60(51-25-11-4-12-26-51)58-41-57-55(40-54(58)46-32-29-45(30-33-46)48-34-31-43-19-13-14-20-47(43)39-48)53-27-15-16-28-56(53)59(57,49-21-7-2-8-22-49)50-23-9-3-10-24-50/h1-12,15-18,21-41H,13-14,19-20H2. The van der Waals surface area contributed by atoms with E-state index in [1.54, 1.807) is 0 Å². The van der Waals surface area contributed by atoms with Crippen LogP contribution in [0.5, 0.6) is 0 Å². The van der Waals surface area contributed by atoms with Crippen molar-refractivity contribution < 1.29 is 0 Å². The minimum atomic E-state index is -0.530. The Morgan fingerprint density at radius 1 is 0.317 bits per heavy atom. The highest BCUT2D eigenvalue weighted by Gasteiger charge is 2.46. The lowest BCUT2D eigenvalue weighted by atomic mass is 9.67. The molecule has 2 aliphatic carbocycles. The number of benzene rings is 9. The second kappa shape index (κ2) is 15.2. The molecule has 2 aliphatic rings. The molecule has 0 heterocycles. The first-order valence-corrected chi connectivity index (χ1v) is 21.4. The summed E-state index contributed by atoms with van der Waals surface area (Å²) in [6, 6.07) is 83.3. The molecule has 60 heavy (non-hydrogen) atoms. The second-order valence-electron chi connectivity index (χ2n) is 16.3. The molecule has 0 aliphatic heterocycles. The fraction of sp³-hybridized carbons (Fsp3) is 0.0847. The molecule has 0 saturated heterocycles. The molecule has 9 aromatic carbocycles. The molecule has 0 saturated carbocycles. The number of aryl methyl sites for hydroxylation is 2. The van der Waals surface area contributed by atoms with Crippen LogP contribution in [0.25, 0.3) is 44.5 Å². The molecule has 0 N–H and O–H groups in total. The second-order valence-corrected chi connectivity index (χ2v) is 16.3. The highest BCUT2D eigenvalue weighted by atomic mass is 15.1. The Morgan fingerprint density at radius 2 is 0.817 bits per heavy atom. The first kappa shape index (κ1) is 35.9. The molecular formula is C59H45N. The highest BCUT2D eigenvalue weighted by Crippen LogP contribution is 2.59. The molecule has 0 atom stereocenters. The van der Waals surface area contributed by atoms with E-state index in [1.165, 1.54) is 104 Å². The van der Waals surface area contributed by atoms with Gasteiger partial charge in [0.05, 0.1) is 11.1 Å². The lowest BCUT2D eigenvalue weighted by Gasteiger charge is -2.35. The zero-order chi connectivity index (χ0) is 39.9. The maximum absolute atomic E-state index is 2.51. The summed E-state index contributed by atoms with van der Waals surface area (Å²) < 4.78 is 0. The van der Waals surface area contributed by atoms with Gasteiger partial charge < -0.3 is 4.90 Å². The van der Waals surface area contributed by atoms with Gasteiger partial charge in [-0.05, 0) is 134 Å². The van der Waals surface area contributed by atoms with E-state index in [1.807, 2.05) is 0 Å². The maximum atomic E-state index is 2.51. The summed E-state index contributed by atoms with van der Waals surface area (Å²) in [5, 5.41) is 0. The van der Waals surface area contributed by atoms with Crippen LogP contribution in [0.3, 0.4) is 0 Å². The van der Waals surface area contributed by atoms with Gasteiger partial charge in [-0.25, -0.2) is 0 Å². The van der Waals surface area contributed by atoms with Gasteiger partial charge >= 0.3 is 0 Å². The van der Waals surface area contributed by atoms with Crippen LogP contribution in [0.4, 0.5) is 17.1 Å². The summed E-state index contributed by atoms with van der Waals surface area (Å²) in [6.45, 7) is 0. The monoisotopic (exact) mass is 767 g/mol. The van der Waals surface area contributed by atoms with Crippen LogP contribution in [0.2, 0.25) is 0 Å². The minimum absolute atomic E-state index is 0.530. The third kappa shape index (κ3) is 6.09. The van der Waals surface area contributed by atoms with Crippen molar-refractivity contribution in [1.29, 1.82) is 0 Å². The van der Waals surface area contributed by atoms with E-state index >= 15 is 0 Å². The van der Waals surface area contributed by atoms with Gasteiger partial charge in [-0.3, -0.25) is 0 Å². The molecule has 1 nitrogen and oxygen atoms in total. The van der Waals surface area contributed by atoms with E-state index in [0.717, 1.165) is 17.1 Å². The topological polar surface area (TPSA) is 3.24 Å². The number of fused-ring (bicyclic) bond motifs is 4. The molecule has 11 rings (SSSR count). The Kier molecular flexibility index (Phi) is 9.09. The van der Waals surface area contributed by atoms with Crippen molar-refractivity contribution in [3.8, 4) is 44.5 Å². The molecule has 0 fully saturated rings. The predicted molar refractivity (Wildman–Crippen MR) is 251 cm³/mol. The van der Waals surface area contributed by atoms with Gasteiger partial charge in [0.15, 0.2) is 0 Å². The lowest BCUT2D eigenvalue weighted by molar-refractivity contribution is 0.686. The van der Waals surface area contributed by atoms with E-state index in [0.29, 0.717) is 0 Å². The Morgan fingerprint density at radius 3 is 1.50 bits per heavy atom. The van der Waals surface area contributed by atoms with E-state index in [-0.39, 0.29) is 0 Å². The Hall–Kier alpha value is -7.22. The Bertz CT molecular complexity index is 2890. The minimum Gasteiger partial charge on any atom is -0.310 e. The van der Waals surface area contributed by atoms with Gasteiger partial charge in [0, 0.05) is 16.9 Å². The van der Waals surface area contributed by atoms with Crippen LogP contribution in [-0.2, 0) is 18.3 Å². The average molecular weight is 768 g/mol. The summed E-state index contributed by atoms with van der Waals surface area (Å²) >= 11 is 0. The molecular weight excluding hydrogens is 723 g/mol. The summed E-state index contributed by atoms with van der Waals surface area (Å²) in [7, 11) is 0. The van der Waals surface area contributed by atoms with Crippen molar-refractivity contribution in [2.45, 2.75) is 31.1 Å². The van der Waals surface area contributed by atoms with Gasteiger partial charge in [-0.15, -0.1) is 0 Å². The van der Waals surface area contributed by atoms with Crippen LogP contribution < -0.4 is 4.90 Å². The number of para-hydroxylation sites is 1. The fourth-order valence-corrected chi connectivity index (χ4v) is 10.1. The van der Waals surface area contributed by atoms with Gasteiger partial charge in [0.2, 0.25) is 0 Å². The molecule has 0 aromatic heterocycles. The molecule has 0 spiro atoms. The van der Waals surface area contributed by atoms with Crippen LogP contribution in [-0.4, -0.2) is 0 Å².